The first-order chi connectivity index (χ1) is 10.1. The second kappa shape index (κ2) is 5.85. The molecule has 0 radical (unpaired) electrons. The molecule has 2 fully saturated rings. The first-order valence-electron chi connectivity index (χ1n) is 7.32. The first kappa shape index (κ1) is 14.1. The summed E-state index contributed by atoms with van der Waals surface area (Å²) in [4.78, 5) is 25.8. The topological polar surface area (TPSA) is 76.5 Å². The average molecular weight is 292 g/mol. The Kier molecular flexibility index (Phi) is 3.92. The van der Waals surface area contributed by atoms with Crippen LogP contribution in [0.15, 0.2) is 12.4 Å². The summed E-state index contributed by atoms with van der Waals surface area (Å²) in [6.07, 6.45) is 5.85. The molecule has 0 unspecified atom stereocenters. The molecule has 2 amide bonds. The number of anilines is 1. The van der Waals surface area contributed by atoms with Gasteiger partial charge < -0.3 is 15.0 Å². The van der Waals surface area contributed by atoms with Crippen molar-refractivity contribution in [1.29, 1.82) is 0 Å². The van der Waals surface area contributed by atoms with Gasteiger partial charge >= 0.3 is 0 Å². The van der Waals surface area contributed by atoms with Crippen molar-refractivity contribution in [2.45, 2.75) is 25.4 Å². The molecule has 0 saturated carbocycles. The average Bonchev–Trinajstić information content (AvgIpc) is 3.17. The molecule has 1 aromatic rings. The van der Waals surface area contributed by atoms with Crippen molar-refractivity contribution in [1.82, 2.24) is 15.1 Å². The lowest BCUT2D eigenvalue weighted by Crippen LogP contribution is -2.37. The Morgan fingerprint density at radius 3 is 3.10 bits per heavy atom. The van der Waals surface area contributed by atoms with E-state index in [4.69, 9.17) is 4.74 Å². The zero-order chi connectivity index (χ0) is 14.8. The molecule has 1 aromatic heterocycles. The highest BCUT2D eigenvalue weighted by Gasteiger charge is 2.35. The molecule has 1 N–H and O–H groups in total. The zero-order valence-corrected chi connectivity index (χ0v) is 12.1. The van der Waals surface area contributed by atoms with Crippen molar-refractivity contribution in [3.8, 4) is 0 Å². The van der Waals surface area contributed by atoms with E-state index in [-0.39, 0.29) is 30.3 Å². The van der Waals surface area contributed by atoms with E-state index in [9.17, 15) is 9.59 Å². The molecule has 0 aliphatic carbocycles. The zero-order valence-electron chi connectivity index (χ0n) is 12.1. The summed E-state index contributed by atoms with van der Waals surface area (Å²) in [6.45, 7) is 1.73. The van der Waals surface area contributed by atoms with Gasteiger partial charge in [-0.2, -0.15) is 5.10 Å². The number of rotatable bonds is 4. The monoisotopic (exact) mass is 292 g/mol. The van der Waals surface area contributed by atoms with Gasteiger partial charge in [-0.25, -0.2) is 0 Å². The number of hydrogen-bond acceptors (Lipinski definition) is 4. The lowest BCUT2D eigenvalue weighted by atomic mass is 10.1. The van der Waals surface area contributed by atoms with Crippen LogP contribution >= 0.6 is 0 Å². The van der Waals surface area contributed by atoms with Gasteiger partial charge in [-0.15, -0.1) is 0 Å². The Bertz CT molecular complexity index is 536. The standard InChI is InChI=1S/C14H20N4O3/c1-17-9-11(6-16-17)18-8-10(5-13(18)19)14(20)15-7-12-3-2-4-21-12/h6,9-10,12H,2-5,7-8H2,1H3,(H,15,20)/t10-,12+/m0/s1. The predicted octanol–water partition coefficient (Wildman–Crippen LogP) is 0.0682. The minimum atomic E-state index is -0.292. The molecular weight excluding hydrogens is 272 g/mol. The number of carbonyl (C=O) groups excluding carboxylic acids is 2. The van der Waals surface area contributed by atoms with Crippen LogP contribution in [0.4, 0.5) is 5.69 Å². The van der Waals surface area contributed by atoms with Crippen LogP contribution in [0.5, 0.6) is 0 Å². The van der Waals surface area contributed by atoms with Gasteiger partial charge in [-0.3, -0.25) is 14.3 Å². The number of carbonyl (C=O) groups is 2. The van der Waals surface area contributed by atoms with E-state index in [0.717, 1.165) is 25.1 Å². The van der Waals surface area contributed by atoms with Gasteiger partial charge in [0, 0.05) is 39.4 Å². The molecule has 114 valence electrons. The van der Waals surface area contributed by atoms with Crippen molar-refractivity contribution in [3.63, 3.8) is 0 Å². The Balaban J connectivity index is 1.55. The minimum absolute atomic E-state index is 0.0275. The quantitative estimate of drug-likeness (QED) is 0.852. The smallest absolute Gasteiger partial charge is 0.227 e. The molecule has 0 bridgehead atoms. The van der Waals surface area contributed by atoms with Gasteiger partial charge in [-0.05, 0) is 12.8 Å². The van der Waals surface area contributed by atoms with E-state index in [1.165, 1.54) is 0 Å². The van der Waals surface area contributed by atoms with Crippen molar-refractivity contribution in [2.75, 3.05) is 24.6 Å². The molecule has 3 heterocycles. The molecule has 2 atom stereocenters. The molecule has 2 aliphatic heterocycles. The SMILES string of the molecule is Cn1cc(N2C[C@@H](C(=O)NC[C@H]3CCCO3)CC2=O)cn1. The van der Waals surface area contributed by atoms with Crippen molar-refractivity contribution in [3.05, 3.63) is 12.4 Å². The molecule has 7 heteroatoms. The van der Waals surface area contributed by atoms with Crippen LogP contribution in [0, 0.1) is 5.92 Å². The summed E-state index contributed by atoms with van der Waals surface area (Å²) in [7, 11) is 1.80. The summed E-state index contributed by atoms with van der Waals surface area (Å²) < 4.78 is 7.12. The number of nitrogens with one attached hydrogen (secondary N) is 1. The molecule has 0 spiro atoms. The number of aromatic nitrogens is 2. The largest absolute Gasteiger partial charge is 0.376 e. The molecule has 21 heavy (non-hydrogen) atoms. The maximum Gasteiger partial charge on any atom is 0.227 e. The summed E-state index contributed by atoms with van der Waals surface area (Å²) in [5.74, 6) is -0.385. The molecule has 3 rings (SSSR count). The van der Waals surface area contributed by atoms with Crippen LogP contribution < -0.4 is 10.2 Å². The van der Waals surface area contributed by atoms with Crippen LogP contribution in [0.3, 0.4) is 0 Å². The Hall–Kier alpha value is -1.89. The highest BCUT2D eigenvalue weighted by molar-refractivity contribution is 6.00. The molecule has 0 aromatic carbocycles. The second-order valence-electron chi connectivity index (χ2n) is 5.66. The van der Waals surface area contributed by atoms with E-state index >= 15 is 0 Å². The van der Waals surface area contributed by atoms with Gasteiger partial charge in [0.05, 0.1) is 23.9 Å². The Morgan fingerprint density at radius 2 is 2.43 bits per heavy atom. The summed E-state index contributed by atoms with van der Waals surface area (Å²) in [5.41, 5.74) is 0.747. The summed E-state index contributed by atoms with van der Waals surface area (Å²) in [5, 5.41) is 6.96. The number of amides is 2. The first-order valence-corrected chi connectivity index (χ1v) is 7.32. The van der Waals surface area contributed by atoms with Gasteiger partial charge in [0.15, 0.2) is 0 Å². The van der Waals surface area contributed by atoms with Crippen LogP contribution in [-0.2, 0) is 21.4 Å². The molecule has 2 saturated heterocycles. The van der Waals surface area contributed by atoms with Gasteiger partial charge in [0.25, 0.3) is 0 Å². The minimum Gasteiger partial charge on any atom is -0.376 e. The van der Waals surface area contributed by atoms with Crippen molar-refractivity contribution >= 4 is 17.5 Å². The third-order valence-corrected chi connectivity index (χ3v) is 4.03. The van der Waals surface area contributed by atoms with E-state index in [0.29, 0.717) is 13.1 Å². The summed E-state index contributed by atoms with van der Waals surface area (Å²) in [6, 6.07) is 0. The fourth-order valence-electron chi connectivity index (χ4n) is 2.84. The Labute approximate surface area is 123 Å². The van der Waals surface area contributed by atoms with E-state index < -0.39 is 0 Å². The van der Waals surface area contributed by atoms with E-state index in [1.807, 2.05) is 0 Å². The lowest BCUT2D eigenvalue weighted by Gasteiger charge is -2.15. The lowest BCUT2D eigenvalue weighted by molar-refractivity contribution is -0.126. The van der Waals surface area contributed by atoms with Crippen LogP contribution in [0.1, 0.15) is 19.3 Å². The van der Waals surface area contributed by atoms with Crippen molar-refractivity contribution < 1.29 is 14.3 Å². The van der Waals surface area contributed by atoms with E-state index in [1.54, 1.807) is 29.0 Å². The van der Waals surface area contributed by atoms with Crippen LogP contribution in [0.2, 0.25) is 0 Å². The third-order valence-electron chi connectivity index (χ3n) is 4.03. The second-order valence-corrected chi connectivity index (χ2v) is 5.66. The molecule has 7 nitrogen and oxygen atoms in total. The fourth-order valence-corrected chi connectivity index (χ4v) is 2.84. The highest BCUT2D eigenvalue weighted by atomic mass is 16.5. The summed E-state index contributed by atoms with van der Waals surface area (Å²) >= 11 is 0. The number of hydrogen-bond donors (Lipinski definition) is 1. The maximum atomic E-state index is 12.2. The van der Waals surface area contributed by atoms with Crippen LogP contribution in [-0.4, -0.2) is 47.4 Å². The highest BCUT2D eigenvalue weighted by Crippen LogP contribution is 2.24. The number of ether oxygens (including phenoxy) is 1. The van der Waals surface area contributed by atoms with Gasteiger partial charge in [-0.1, -0.05) is 0 Å². The number of nitrogens with zero attached hydrogens (tertiary/aromatic N) is 3. The maximum absolute atomic E-state index is 12.2. The fraction of sp³-hybridized carbons (Fsp3) is 0.643. The number of aryl methyl sites for hydroxylation is 1. The van der Waals surface area contributed by atoms with Crippen molar-refractivity contribution in [2.24, 2.45) is 13.0 Å². The van der Waals surface area contributed by atoms with Gasteiger partial charge in [0.2, 0.25) is 11.8 Å². The third kappa shape index (κ3) is 3.07. The Morgan fingerprint density at radius 1 is 1.57 bits per heavy atom. The normalized spacial score (nSPS) is 25.6. The predicted molar refractivity (Wildman–Crippen MR) is 75.7 cm³/mol. The van der Waals surface area contributed by atoms with Crippen LogP contribution in [0.25, 0.3) is 0 Å². The molecular formula is C14H20N4O3. The molecule has 2 aliphatic rings. The van der Waals surface area contributed by atoms with Gasteiger partial charge in [0.1, 0.15) is 0 Å². The van der Waals surface area contributed by atoms with E-state index in [2.05, 4.69) is 10.4 Å².